The quantitative estimate of drug-likeness (QED) is 0.241. The Balaban J connectivity index is 1.59. The Morgan fingerprint density at radius 1 is 0.968 bits per heavy atom. The minimum Gasteiger partial charge on any atom is -0.574 e. The van der Waals surface area contributed by atoms with E-state index in [1.807, 2.05) is 0 Å². The van der Waals surface area contributed by atoms with Crippen molar-refractivity contribution in [2.24, 2.45) is 0 Å². The first-order valence-corrected chi connectivity index (χ1v) is 9.53. The minimum atomic E-state index is -1.60. The Morgan fingerprint density at radius 2 is 1.74 bits per heavy atom. The van der Waals surface area contributed by atoms with Gasteiger partial charge in [-0.25, -0.2) is 0 Å². The number of fused-ring (bicyclic) bond motifs is 1. The number of phenolic OH excluding ortho intramolecular Hbond substituents is 2. The molecule has 1 aromatic rings. The average Bonchev–Trinajstić information content (AvgIpc) is 2.75. The van der Waals surface area contributed by atoms with E-state index in [0.717, 1.165) is 0 Å². The normalized spacial score (nSPS) is 32.6. The van der Waals surface area contributed by atoms with E-state index >= 15 is 0 Å². The molecule has 2 aliphatic heterocycles. The smallest absolute Gasteiger partial charge is 0.262 e. The van der Waals surface area contributed by atoms with Gasteiger partial charge in [0.05, 0.1) is 23.8 Å². The molecule has 1 saturated heterocycles. The molecule has 0 spiro atoms. The Labute approximate surface area is 176 Å². The molecule has 0 radical (unpaired) electrons. The number of rotatable bonds is 4. The van der Waals surface area contributed by atoms with Gasteiger partial charge in [0.1, 0.15) is 35.9 Å². The number of allylic oxidation sites excluding steroid dienone is 3. The molecule has 0 saturated carbocycles. The summed E-state index contributed by atoms with van der Waals surface area (Å²) in [5.74, 6) is -0.0916. The second-order valence-corrected chi connectivity index (χ2v) is 7.37. The summed E-state index contributed by atoms with van der Waals surface area (Å²) in [6, 6.07) is 4.27. The zero-order valence-corrected chi connectivity index (χ0v) is 16.1. The summed E-state index contributed by atoms with van der Waals surface area (Å²) in [6.07, 6.45) is -1.81. The van der Waals surface area contributed by atoms with E-state index in [0.29, 0.717) is 16.9 Å². The molecule has 1 aromatic carbocycles. The van der Waals surface area contributed by atoms with E-state index in [1.165, 1.54) is 24.3 Å². The minimum absolute atomic E-state index is 0.127. The SMILES string of the molecule is OCC1OC(OC2=CC(O)=CC3[OH+]C(c4ccc(O)c(O)c4)=CC=C23)C(O)C(O)C1O. The fourth-order valence-electron chi connectivity index (χ4n) is 3.56. The highest BCUT2D eigenvalue weighted by molar-refractivity contribution is 5.67. The van der Waals surface area contributed by atoms with Crippen LogP contribution in [0.1, 0.15) is 5.56 Å². The molecule has 0 bridgehead atoms. The van der Waals surface area contributed by atoms with Gasteiger partial charge in [0.15, 0.2) is 11.5 Å². The van der Waals surface area contributed by atoms with Crippen LogP contribution in [0.4, 0.5) is 0 Å². The summed E-state index contributed by atoms with van der Waals surface area (Å²) in [5.41, 5.74) is 1.07. The lowest BCUT2D eigenvalue weighted by molar-refractivity contribution is -0.291. The van der Waals surface area contributed by atoms with Crippen LogP contribution in [0.5, 0.6) is 11.5 Å². The van der Waals surface area contributed by atoms with Crippen LogP contribution in [0, 0.1) is 0 Å². The van der Waals surface area contributed by atoms with Crippen LogP contribution in [-0.4, -0.2) is 83.9 Å². The van der Waals surface area contributed by atoms with Crippen molar-refractivity contribution in [3.8, 4) is 11.5 Å². The van der Waals surface area contributed by atoms with Gasteiger partial charge >= 0.3 is 0 Å². The van der Waals surface area contributed by atoms with Gasteiger partial charge in [-0.15, -0.1) is 0 Å². The van der Waals surface area contributed by atoms with E-state index < -0.39 is 43.4 Å². The third-order valence-electron chi connectivity index (χ3n) is 5.27. The van der Waals surface area contributed by atoms with Crippen LogP contribution < -0.4 is 0 Å². The summed E-state index contributed by atoms with van der Waals surface area (Å²) in [7, 11) is 0. The lowest BCUT2D eigenvalue weighted by Gasteiger charge is -2.40. The molecule has 6 unspecified atom stereocenters. The molecule has 4 rings (SSSR count). The van der Waals surface area contributed by atoms with Crippen molar-refractivity contribution in [1.29, 1.82) is 0 Å². The van der Waals surface area contributed by atoms with Crippen molar-refractivity contribution in [2.45, 2.75) is 36.8 Å². The van der Waals surface area contributed by atoms with E-state index in [1.54, 1.807) is 18.2 Å². The van der Waals surface area contributed by atoms with Crippen LogP contribution in [0.25, 0.3) is 5.76 Å². The summed E-state index contributed by atoms with van der Waals surface area (Å²) >= 11 is 0. The number of ether oxygens (including phenoxy) is 3. The molecule has 1 aliphatic carbocycles. The topological polar surface area (TPSA) is 173 Å². The fraction of sp³-hybridized carbons (Fsp3) is 0.333. The Kier molecular flexibility index (Phi) is 5.65. The van der Waals surface area contributed by atoms with E-state index in [-0.39, 0.29) is 23.0 Å². The molecular weight excluding hydrogens is 412 g/mol. The number of hydrogen-bond donors (Lipinski definition) is 7. The Bertz CT molecular complexity index is 976. The van der Waals surface area contributed by atoms with Crippen molar-refractivity contribution < 1.29 is 50.0 Å². The number of benzene rings is 1. The van der Waals surface area contributed by atoms with Crippen molar-refractivity contribution in [1.82, 2.24) is 0 Å². The molecule has 166 valence electrons. The third kappa shape index (κ3) is 3.99. The molecule has 0 amide bonds. The molecule has 1 fully saturated rings. The van der Waals surface area contributed by atoms with Crippen LogP contribution in [0.2, 0.25) is 0 Å². The highest BCUT2D eigenvalue weighted by Crippen LogP contribution is 2.36. The van der Waals surface area contributed by atoms with Gasteiger partial charge in [-0.05, 0) is 18.2 Å². The summed E-state index contributed by atoms with van der Waals surface area (Å²) < 4.78 is 15.6. The number of aromatic hydroxyl groups is 2. The first-order chi connectivity index (χ1) is 14.8. The van der Waals surface area contributed by atoms with Crippen LogP contribution in [0.3, 0.4) is 0 Å². The van der Waals surface area contributed by atoms with Gasteiger partial charge in [-0.2, -0.15) is 0 Å². The third-order valence-corrected chi connectivity index (χ3v) is 5.27. The molecular formula is C21H23O10+. The van der Waals surface area contributed by atoms with Gasteiger partial charge in [0.2, 0.25) is 12.4 Å². The molecule has 2 heterocycles. The fourth-order valence-corrected chi connectivity index (χ4v) is 3.56. The lowest BCUT2D eigenvalue weighted by Crippen LogP contribution is -2.59. The maximum Gasteiger partial charge on any atom is 0.262 e. The lowest BCUT2D eigenvalue weighted by atomic mass is 9.97. The zero-order chi connectivity index (χ0) is 22.3. The summed E-state index contributed by atoms with van der Waals surface area (Å²) in [5, 5.41) is 68.7. The van der Waals surface area contributed by atoms with Crippen LogP contribution in [0.15, 0.2) is 59.6 Å². The van der Waals surface area contributed by atoms with Crippen molar-refractivity contribution in [3.05, 3.63) is 65.2 Å². The van der Waals surface area contributed by atoms with E-state index in [9.17, 15) is 35.7 Å². The van der Waals surface area contributed by atoms with Crippen molar-refractivity contribution in [2.75, 3.05) is 6.61 Å². The van der Waals surface area contributed by atoms with Crippen molar-refractivity contribution >= 4 is 5.76 Å². The summed E-state index contributed by atoms with van der Waals surface area (Å²) in [4.78, 5) is 0. The predicted octanol–water partition coefficient (Wildman–Crippen LogP) is -0.569. The monoisotopic (exact) mass is 435 g/mol. The van der Waals surface area contributed by atoms with E-state index in [4.69, 9.17) is 9.47 Å². The Morgan fingerprint density at radius 3 is 2.45 bits per heavy atom. The number of aliphatic hydroxyl groups excluding tert-OH is 5. The maximum absolute atomic E-state index is 10.2. The first-order valence-electron chi connectivity index (χ1n) is 9.53. The number of phenols is 2. The van der Waals surface area contributed by atoms with Gasteiger partial charge < -0.3 is 50.0 Å². The van der Waals surface area contributed by atoms with Crippen LogP contribution in [-0.2, 0) is 9.47 Å². The van der Waals surface area contributed by atoms with Crippen LogP contribution >= 0.6 is 0 Å². The van der Waals surface area contributed by atoms with Gasteiger partial charge in [-0.3, -0.25) is 0 Å². The highest BCUT2D eigenvalue weighted by Gasteiger charge is 2.46. The highest BCUT2D eigenvalue weighted by atomic mass is 16.7. The Hall–Kier alpha value is -3.02. The van der Waals surface area contributed by atoms with Gasteiger partial charge in [0.25, 0.3) is 5.76 Å². The van der Waals surface area contributed by atoms with E-state index in [2.05, 4.69) is 4.74 Å². The predicted molar refractivity (Wildman–Crippen MR) is 105 cm³/mol. The second kappa shape index (κ2) is 8.25. The van der Waals surface area contributed by atoms with Gasteiger partial charge in [0, 0.05) is 18.2 Å². The molecule has 0 aromatic heterocycles. The standard InChI is InChI=1S/C21H22O10/c22-8-17-18(26)19(27)20(28)21(31-17)30-16-7-10(23)6-15-11(16)2-4-14(29-15)9-1-3-12(24)13(25)5-9/h1-7,15,17-28H,8H2/p+1. The summed E-state index contributed by atoms with van der Waals surface area (Å²) in [6.45, 7) is -0.596. The van der Waals surface area contributed by atoms with Gasteiger partial charge in [-0.1, -0.05) is 0 Å². The number of hydrogen-bond acceptors (Lipinski definition) is 9. The number of aliphatic hydroxyl groups is 7. The molecule has 10 heteroatoms. The first kappa shape index (κ1) is 21.2. The molecule has 6 atom stereocenters. The molecule has 3 aliphatic rings. The zero-order valence-electron chi connectivity index (χ0n) is 16.1. The molecule has 31 heavy (non-hydrogen) atoms. The average molecular weight is 435 g/mol. The molecule has 8 N–H and O–H groups in total. The largest absolute Gasteiger partial charge is 0.574 e. The molecule has 10 nitrogen and oxygen atoms in total. The maximum atomic E-state index is 10.2. The second-order valence-electron chi connectivity index (χ2n) is 7.37. The van der Waals surface area contributed by atoms with Crippen molar-refractivity contribution in [3.63, 3.8) is 0 Å².